The third-order valence-electron chi connectivity index (χ3n) is 6.30. The molecule has 128 valence electrons. The molecule has 1 saturated carbocycles. The number of hydrogen-bond acceptors (Lipinski definition) is 4. The van der Waals surface area contributed by atoms with Crippen LogP contribution >= 0.6 is 0 Å². The van der Waals surface area contributed by atoms with Crippen molar-refractivity contribution in [2.24, 2.45) is 18.4 Å². The Kier molecular flexibility index (Phi) is 4.01. The number of hydrogen-bond donors (Lipinski definition) is 2. The largest absolute Gasteiger partial charge is 0.378 e. The highest BCUT2D eigenvalue weighted by atomic mass is 16.5. The monoisotopic (exact) mass is 320 g/mol. The van der Waals surface area contributed by atoms with Crippen LogP contribution in [-0.4, -0.2) is 47.5 Å². The Morgan fingerprint density at radius 1 is 1.43 bits per heavy atom. The fourth-order valence-corrected chi connectivity index (χ4v) is 3.94. The van der Waals surface area contributed by atoms with Gasteiger partial charge in [0.15, 0.2) is 0 Å². The van der Waals surface area contributed by atoms with Gasteiger partial charge in [-0.1, -0.05) is 13.8 Å². The maximum absolute atomic E-state index is 12.8. The fraction of sp³-hybridized carbons (Fsp3) is 0.765. The molecule has 2 aliphatic rings. The zero-order valence-electron chi connectivity index (χ0n) is 14.7. The second kappa shape index (κ2) is 5.60. The van der Waals surface area contributed by atoms with E-state index in [1.54, 1.807) is 11.8 Å². The molecule has 1 amide bonds. The Hall–Kier alpha value is -1.40. The van der Waals surface area contributed by atoms with E-state index in [2.05, 4.69) is 36.5 Å². The fourth-order valence-electron chi connectivity index (χ4n) is 3.94. The molecule has 1 aliphatic heterocycles. The molecule has 1 saturated heterocycles. The highest BCUT2D eigenvalue weighted by Gasteiger charge is 2.58. The van der Waals surface area contributed by atoms with Gasteiger partial charge in [-0.15, -0.1) is 0 Å². The number of amides is 1. The number of carbonyl (C=O) groups excluding carboxylic acids is 1. The second-order valence-electron chi connectivity index (χ2n) is 7.74. The van der Waals surface area contributed by atoms with E-state index in [0.717, 1.165) is 25.1 Å². The Morgan fingerprint density at radius 2 is 2.17 bits per heavy atom. The summed E-state index contributed by atoms with van der Waals surface area (Å²) in [7, 11) is 3.66. The normalized spacial score (nSPS) is 35.8. The van der Waals surface area contributed by atoms with E-state index in [9.17, 15) is 4.79 Å². The second-order valence-corrected chi connectivity index (χ2v) is 7.74. The van der Waals surface area contributed by atoms with Crippen LogP contribution in [0.5, 0.6) is 0 Å². The average molecular weight is 320 g/mol. The molecule has 2 heterocycles. The van der Waals surface area contributed by atoms with Crippen molar-refractivity contribution in [1.29, 1.82) is 0 Å². The van der Waals surface area contributed by atoms with E-state index in [1.165, 1.54) is 0 Å². The highest BCUT2D eigenvalue weighted by Crippen LogP contribution is 2.51. The lowest BCUT2D eigenvalue weighted by molar-refractivity contribution is -0.183. The van der Waals surface area contributed by atoms with Gasteiger partial charge < -0.3 is 15.4 Å². The van der Waals surface area contributed by atoms with Gasteiger partial charge in [0.05, 0.1) is 17.7 Å². The van der Waals surface area contributed by atoms with Crippen molar-refractivity contribution < 1.29 is 9.53 Å². The maximum Gasteiger partial charge on any atom is 0.225 e. The maximum atomic E-state index is 12.8. The van der Waals surface area contributed by atoms with Crippen LogP contribution in [-0.2, 0) is 16.6 Å². The van der Waals surface area contributed by atoms with Gasteiger partial charge in [-0.05, 0) is 18.9 Å². The van der Waals surface area contributed by atoms with Gasteiger partial charge in [-0.3, -0.25) is 9.48 Å². The molecule has 6 nitrogen and oxygen atoms in total. The van der Waals surface area contributed by atoms with Crippen molar-refractivity contribution in [3.8, 4) is 0 Å². The standard InChI is InChI=1S/C17H28N4O2/c1-16(2)14(6-17(16,3)23-5)20-15(22)13-9-18-8-12(13)11-7-19-21(4)10-11/h7,10,12-14,18H,6,8-9H2,1-5H3,(H,20,22)/t12-,13+,14?,17?/m1/s1. The summed E-state index contributed by atoms with van der Waals surface area (Å²) in [5.41, 5.74) is 0.904. The number of aromatic nitrogens is 2. The van der Waals surface area contributed by atoms with Gasteiger partial charge in [0.2, 0.25) is 5.91 Å². The first-order valence-corrected chi connectivity index (χ1v) is 8.33. The van der Waals surface area contributed by atoms with Crippen LogP contribution in [0.4, 0.5) is 0 Å². The molecule has 2 fully saturated rings. The lowest BCUT2D eigenvalue weighted by Crippen LogP contribution is -2.69. The van der Waals surface area contributed by atoms with Gasteiger partial charge >= 0.3 is 0 Å². The van der Waals surface area contributed by atoms with Gasteiger partial charge in [0.25, 0.3) is 0 Å². The number of rotatable bonds is 4. The summed E-state index contributed by atoms with van der Waals surface area (Å²) in [6.45, 7) is 7.99. The molecule has 0 spiro atoms. The van der Waals surface area contributed by atoms with Crippen molar-refractivity contribution in [1.82, 2.24) is 20.4 Å². The first-order valence-electron chi connectivity index (χ1n) is 8.33. The van der Waals surface area contributed by atoms with E-state index in [1.807, 2.05) is 19.4 Å². The topological polar surface area (TPSA) is 68.2 Å². The third kappa shape index (κ3) is 2.58. The van der Waals surface area contributed by atoms with E-state index in [-0.39, 0.29) is 34.8 Å². The number of ether oxygens (including phenoxy) is 1. The summed E-state index contributed by atoms with van der Waals surface area (Å²) in [5, 5.41) is 10.8. The molecular weight excluding hydrogens is 292 g/mol. The van der Waals surface area contributed by atoms with Crippen LogP contribution in [0.1, 0.15) is 38.7 Å². The smallest absolute Gasteiger partial charge is 0.225 e. The molecular formula is C17H28N4O2. The Balaban J connectivity index is 1.67. The van der Waals surface area contributed by atoms with Crippen LogP contribution in [0.2, 0.25) is 0 Å². The molecule has 4 atom stereocenters. The quantitative estimate of drug-likeness (QED) is 0.870. The first kappa shape index (κ1) is 16.5. The molecule has 1 aliphatic carbocycles. The Morgan fingerprint density at radius 3 is 2.74 bits per heavy atom. The molecule has 2 unspecified atom stereocenters. The van der Waals surface area contributed by atoms with Crippen LogP contribution in [0, 0.1) is 11.3 Å². The van der Waals surface area contributed by atoms with Crippen molar-refractivity contribution in [3.63, 3.8) is 0 Å². The minimum atomic E-state index is -0.165. The van der Waals surface area contributed by atoms with Gasteiger partial charge in [-0.25, -0.2) is 0 Å². The molecule has 0 aromatic carbocycles. The average Bonchev–Trinajstić information content (AvgIpc) is 3.14. The number of carbonyl (C=O) groups is 1. The van der Waals surface area contributed by atoms with Crippen LogP contribution < -0.4 is 10.6 Å². The van der Waals surface area contributed by atoms with Crippen molar-refractivity contribution >= 4 is 5.91 Å². The zero-order valence-corrected chi connectivity index (χ0v) is 14.7. The number of aryl methyl sites for hydroxylation is 1. The summed E-state index contributed by atoms with van der Waals surface area (Å²) >= 11 is 0. The molecule has 0 radical (unpaired) electrons. The van der Waals surface area contributed by atoms with Crippen LogP contribution in [0.15, 0.2) is 12.4 Å². The number of nitrogens with zero attached hydrogens (tertiary/aromatic N) is 2. The zero-order chi connectivity index (χ0) is 16.8. The summed E-state index contributed by atoms with van der Waals surface area (Å²) in [5.74, 6) is 0.296. The Bertz CT molecular complexity index is 597. The molecule has 1 aromatic rings. The molecule has 3 rings (SSSR count). The van der Waals surface area contributed by atoms with E-state index < -0.39 is 0 Å². The highest BCUT2D eigenvalue weighted by molar-refractivity contribution is 5.81. The molecule has 2 N–H and O–H groups in total. The first-order chi connectivity index (χ1) is 10.8. The number of nitrogens with one attached hydrogen (secondary N) is 2. The summed E-state index contributed by atoms with van der Waals surface area (Å²) in [4.78, 5) is 12.8. The SMILES string of the molecule is COC1(C)CC(NC(=O)[C@H]2CNC[C@@H]2c2cnn(C)c2)C1(C)C. The predicted molar refractivity (Wildman–Crippen MR) is 88.1 cm³/mol. The van der Waals surface area contributed by atoms with Crippen molar-refractivity contribution in [3.05, 3.63) is 18.0 Å². The van der Waals surface area contributed by atoms with E-state index in [0.29, 0.717) is 0 Å². The van der Waals surface area contributed by atoms with Crippen LogP contribution in [0.3, 0.4) is 0 Å². The van der Waals surface area contributed by atoms with Crippen LogP contribution in [0.25, 0.3) is 0 Å². The van der Waals surface area contributed by atoms with Crippen molar-refractivity contribution in [2.75, 3.05) is 20.2 Å². The van der Waals surface area contributed by atoms with E-state index in [4.69, 9.17) is 4.74 Å². The minimum Gasteiger partial charge on any atom is -0.378 e. The summed E-state index contributed by atoms with van der Waals surface area (Å²) in [6, 6.07) is 0.162. The third-order valence-corrected chi connectivity index (χ3v) is 6.30. The lowest BCUT2D eigenvalue weighted by atomic mass is 9.55. The van der Waals surface area contributed by atoms with E-state index >= 15 is 0 Å². The Labute approximate surface area is 138 Å². The van der Waals surface area contributed by atoms with Gasteiger partial charge in [0, 0.05) is 50.8 Å². The minimum absolute atomic E-state index is 0.0376. The van der Waals surface area contributed by atoms with Gasteiger partial charge in [-0.2, -0.15) is 5.10 Å². The molecule has 6 heteroatoms. The summed E-state index contributed by atoms with van der Waals surface area (Å²) in [6.07, 6.45) is 4.74. The predicted octanol–water partition coefficient (Wildman–Crippen LogP) is 1.04. The lowest BCUT2D eigenvalue weighted by Gasteiger charge is -2.59. The van der Waals surface area contributed by atoms with Crippen molar-refractivity contribution in [2.45, 2.75) is 44.8 Å². The molecule has 0 bridgehead atoms. The molecule has 23 heavy (non-hydrogen) atoms. The van der Waals surface area contributed by atoms with Gasteiger partial charge in [0.1, 0.15) is 0 Å². The number of methoxy groups -OCH3 is 1. The molecule has 1 aromatic heterocycles. The summed E-state index contributed by atoms with van der Waals surface area (Å²) < 4.78 is 7.44.